The minimum atomic E-state index is -1.04. The van der Waals surface area contributed by atoms with Gasteiger partial charge in [-0.05, 0) is 25.0 Å². The monoisotopic (exact) mass is 249 g/mol. The van der Waals surface area contributed by atoms with Crippen molar-refractivity contribution in [1.82, 2.24) is 0 Å². The summed E-state index contributed by atoms with van der Waals surface area (Å²) < 4.78 is 5.31. The Hall–Kier alpha value is -1.88. The van der Waals surface area contributed by atoms with E-state index in [0.717, 1.165) is 6.42 Å². The molecule has 5 heteroatoms. The molecule has 1 fully saturated rings. The molecule has 0 spiro atoms. The Balaban J connectivity index is 2.19. The maximum Gasteiger partial charge on any atom is 0.323 e. The molecule has 1 unspecified atom stereocenters. The number of carbonyl (C=O) groups is 2. The van der Waals surface area contributed by atoms with Gasteiger partial charge in [0.2, 0.25) is 0 Å². The Labute approximate surface area is 105 Å². The van der Waals surface area contributed by atoms with E-state index in [4.69, 9.17) is 9.84 Å². The van der Waals surface area contributed by atoms with Gasteiger partial charge in [0.1, 0.15) is 12.6 Å². The van der Waals surface area contributed by atoms with Gasteiger partial charge in [-0.15, -0.1) is 0 Å². The molecule has 1 amide bonds. The average Bonchev–Trinajstić information content (AvgIpc) is 2.90. The summed E-state index contributed by atoms with van der Waals surface area (Å²) in [6.45, 7) is 0.217. The number of anilines is 1. The third-order valence-corrected chi connectivity index (χ3v) is 2.83. The molecular weight excluding hydrogens is 234 g/mol. The summed E-state index contributed by atoms with van der Waals surface area (Å²) in [7, 11) is 0. The maximum absolute atomic E-state index is 12.2. The second-order valence-corrected chi connectivity index (χ2v) is 4.16. The summed E-state index contributed by atoms with van der Waals surface area (Å²) in [6.07, 6.45) is 0.984. The van der Waals surface area contributed by atoms with Crippen molar-refractivity contribution in [3.63, 3.8) is 0 Å². The molecule has 1 aliphatic rings. The molecule has 1 atom stereocenters. The zero-order chi connectivity index (χ0) is 13.0. The van der Waals surface area contributed by atoms with E-state index in [2.05, 4.69) is 0 Å². The molecule has 0 aromatic heterocycles. The van der Waals surface area contributed by atoms with E-state index in [1.54, 1.807) is 24.3 Å². The van der Waals surface area contributed by atoms with Crippen LogP contribution in [0.1, 0.15) is 12.8 Å². The Morgan fingerprint density at radius 2 is 2.06 bits per heavy atom. The fraction of sp³-hybridized carbons (Fsp3) is 0.385. The quantitative estimate of drug-likeness (QED) is 0.873. The average molecular weight is 249 g/mol. The topological polar surface area (TPSA) is 66.8 Å². The van der Waals surface area contributed by atoms with Crippen molar-refractivity contribution >= 4 is 17.6 Å². The van der Waals surface area contributed by atoms with Gasteiger partial charge in [0.15, 0.2) is 0 Å². The van der Waals surface area contributed by atoms with Crippen molar-refractivity contribution in [3.8, 4) is 0 Å². The van der Waals surface area contributed by atoms with Crippen LogP contribution in [0.3, 0.4) is 0 Å². The number of hydrogen-bond acceptors (Lipinski definition) is 3. The van der Waals surface area contributed by atoms with Crippen LogP contribution in [0.4, 0.5) is 5.69 Å². The highest BCUT2D eigenvalue weighted by molar-refractivity contribution is 6.00. The van der Waals surface area contributed by atoms with Crippen molar-refractivity contribution in [2.45, 2.75) is 18.9 Å². The van der Waals surface area contributed by atoms with Gasteiger partial charge in [-0.1, -0.05) is 18.2 Å². The SMILES string of the molecule is O=C(O)CN(C(=O)C1CCCO1)c1ccccc1. The van der Waals surface area contributed by atoms with Crippen LogP contribution >= 0.6 is 0 Å². The van der Waals surface area contributed by atoms with Crippen molar-refractivity contribution in [1.29, 1.82) is 0 Å². The van der Waals surface area contributed by atoms with Crippen LogP contribution < -0.4 is 4.90 Å². The van der Waals surface area contributed by atoms with E-state index < -0.39 is 12.1 Å². The predicted molar refractivity (Wildman–Crippen MR) is 65.4 cm³/mol. The van der Waals surface area contributed by atoms with Gasteiger partial charge in [-0.3, -0.25) is 14.5 Å². The summed E-state index contributed by atoms with van der Waals surface area (Å²) in [4.78, 5) is 24.3. The number of carboxylic acid groups (broad SMARTS) is 1. The fourth-order valence-corrected chi connectivity index (χ4v) is 1.99. The number of ether oxygens (including phenoxy) is 1. The van der Waals surface area contributed by atoms with Gasteiger partial charge in [-0.2, -0.15) is 0 Å². The number of benzene rings is 1. The van der Waals surface area contributed by atoms with Gasteiger partial charge in [0.05, 0.1) is 0 Å². The van der Waals surface area contributed by atoms with E-state index in [1.807, 2.05) is 6.07 Å². The van der Waals surface area contributed by atoms with Crippen LogP contribution in [0.25, 0.3) is 0 Å². The fourth-order valence-electron chi connectivity index (χ4n) is 1.99. The molecule has 1 saturated heterocycles. The lowest BCUT2D eigenvalue weighted by molar-refractivity contribution is -0.137. The summed E-state index contributed by atoms with van der Waals surface area (Å²) in [5.74, 6) is -1.31. The molecule has 2 rings (SSSR count). The lowest BCUT2D eigenvalue weighted by Gasteiger charge is -2.23. The molecular formula is C13H15NO4. The van der Waals surface area contributed by atoms with E-state index in [1.165, 1.54) is 4.90 Å². The first kappa shape index (κ1) is 12.6. The van der Waals surface area contributed by atoms with E-state index >= 15 is 0 Å². The lowest BCUT2D eigenvalue weighted by Crippen LogP contribution is -2.42. The number of aliphatic carboxylic acids is 1. The molecule has 5 nitrogen and oxygen atoms in total. The molecule has 96 valence electrons. The minimum absolute atomic E-state index is 0.277. The number of hydrogen-bond donors (Lipinski definition) is 1. The first-order valence-electron chi connectivity index (χ1n) is 5.88. The first-order valence-corrected chi connectivity index (χ1v) is 5.88. The smallest absolute Gasteiger partial charge is 0.323 e. The lowest BCUT2D eigenvalue weighted by atomic mass is 10.2. The van der Waals surface area contributed by atoms with Gasteiger partial charge in [0, 0.05) is 12.3 Å². The summed E-state index contributed by atoms with van der Waals surface area (Å²) in [6, 6.07) is 8.80. The second kappa shape index (κ2) is 5.64. The van der Waals surface area contributed by atoms with Crippen molar-refractivity contribution in [3.05, 3.63) is 30.3 Å². The molecule has 0 saturated carbocycles. The normalized spacial score (nSPS) is 18.6. The largest absolute Gasteiger partial charge is 0.480 e. The standard InChI is InChI=1S/C13H15NO4/c15-12(16)9-14(10-5-2-1-3-6-10)13(17)11-7-4-8-18-11/h1-3,5-6,11H,4,7-9H2,(H,15,16). The molecule has 1 aromatic rings. The van der Waals surface area contributed by atoms with Crippen molar-refractivity contribution in [2.24, 2.45) is 0 Å². The van der Waals surface area contributed by atoms with E-state index in [0.29, 0.717) is 18.7 Å². The summed E-state index contributed by atoms with van der Waals surface area (Å²) in [5, 5.41) is 8.90. The van der Waals surface area contributed by atoms with Gasteiger partial charge < -0.3 is 9.84 Å². The zero-order valence-corrected chi connectivity index (χ0v) is 9.91. The Bertz CT molecular complexity index is 426. The molecule has 18 heavy (non-hydrogen) atoms. The Morgan fingerprint density at radius 1 is 1.33 bits per heavy atom. The number of rotatable bonds is 4. The number of carbonyl (C=O) groups excluding carboxylic acids is 1. The minimum Gasteiger partial charge on any atom is -0.480 e. The summed E-state index contributed by atoms with van der Waals surface area (Å²) >= 11 is 0. The van der Waals surface area contributed by atoms with Gasteiger partial charge in [-0.25, -0.2) is 0 Å². The van der Waals surface area contributed by atoms with E-state index in [-0.39, 0.29) is 12.5 Å². The molecule has 1 N–H and O–H groups in total. The highest BCUT2D eigenvalue weighted by atomic mass is 16.5. The molecule has 1 heterocycles. The number of nitrogens with zero attached hydrogens (tertiary/aromatic N) is 1. The van der Waals surface area contributed by atoms with Crippen LogP contribution in [0.5, 0.6) is 0 Å². The van der Waals surface area contributed by atoms with Crippen molar-refractivity contribution in [2.75, 3.05) is 18.1 Å². The number of para-hydroxylation sites is 1. The second-order valence-electron chi connectivity index (χ2n) is 4.16. The number of amides is 1. The van der Waals surface area contributed by atoms with Gasteiger partial charge in [0.25, 0.3) is 5.91 Å². The zero-order valence-electron chi connectivity index (χ0n) is 9.91. The first-order chi connectivity index (χ1) is 8.68. The third kappa shape index (κ3) is 2.87. The molecule has 1 aliphatic heterocycles. The van der Waals surface area contributed by atoms with Crippen LogP contribution in [0.2, 0.25) is 0 Å². The molecule has 0 aliphatic carbocycles. The van der Waals surface area contributed by atoms with Crippen LogP contribution in [-0.2, 0) is 14.3 Å². The third-order valence-electron chi connectivity index (χ3n) is 2.83. The van der Waals surface area contributed by atoms with Crippen LogP contribution in [0.15, 0.2) is 30.3 Å². The number of carboxylic acids is 1. The van der Waals surface area contributed by atoms with Crippen LogP contribution in [0, 0.1) is 0 Å². The van der Waals surface area contributed by atoms with E-state index in [9.17, 15) is 9.59 Å². The highest BCUT2D eigenvalue weighted by Gasteiger charge is 2.30. The molecule has 0 bridgehead atoms. The Kier molecular flexibility index (Phi) is 3.94. The van der Waals surface area contributed by atoms with Crippen LogP contribution in [-0.4, -0.2) is 36.2 Å². The predicted octanol–water partition coefficient (Wildman–Crippen LogP) is 1.28. The van der Waals surface area contributed by atoms with Gasteiger partial charge >= 0.3 is 5.97 Å². The maximum atomic E-state index is 12.2. The highest BCUT2D eigenvalue weighted by Crippen LogP contribution is 2.20. The molecule has 1 aromatic carbocycles. The molecule has 0 radical (unpaired) electrons. The Morgan fingerprint density at radius 3 is 2.61 bits per heavy atom. The summed E-state index contributed by atoms with van der Waals surface area (Å²) in [5.41, 5.74) is 0.584. The van der Waals surface area contributed by atoms with Crippen molar-refractivity contribution < 1.29 is 19.4 Å².